The van der Waals surface area contributed by atoms with Crippen molar-refractivity contribution in [1.29, 1.82) is 0 Å². The molecule has 0 bridgehead atoms. The molecule has 0 amide bonds. The molecule has 19 heavy (non-hydrogen) atoms. The Labute approximate surface area is 115 Å². The van der Waals surface area contributed by atoms with Gasteiger partial charge in [0.1, 0.15) is 11.6 Å². The highest BCUT2D eigenvalue weighted by Gasteiger charge is 2.18. The molecule has 0 N–H and O–H groups in total. The van der Waals surface area contributed by atoms with E-state index in [4.69, 9.17) is 16.3 Å². The summed E-state index contributed by atoms with van der Waals surface area (Å²) < 4.78 is 18.9. The predicted molar refractivity (Wildman–Crippen MR) is 72.6 cm³/mol. The molecular formula is C15H12ClFO2. The Kier molecular flexibility index (Phi) is 3.86. The minimum Gasteiger partial charge on any atom is -0.497 e. The number of ketones is 1. The molecule has 4 heteroatoms. The number of ether oxygens (including phenoxy) is 1. The van der Waals surface area contributed by atoms with Crippen molar-refractivity contribution in [3.05, 3.63) is 63.9 Å². The Morgan fingerprint density at radius 2 is 1.95 bits per heavy atom. The van der Waals surface area contributed by atoms with Gasteiger partial charge in [0.15, 0.2) is 5.78 Å². The Morgan fingerprint density at radius 3 is 2.58 bits per heavy atom. The summed E-state index contributed by atoms with van der Waals surface area (Å²) in [5.74, 6) is -0.403. The molecule has 0 aliphatic heterocycles. The zero-order valence-electron chi connectivity index (χ0n) is 10.5. The number of halogens is 2. The molecule has 2 aromatic rings. The molecule has 0 aromatic heterocycles. The summed E-state index contributed by atoms with van der Waals surface area (Å²) in [5, 5.41) is 0.241. The predicted octanol–water partition coefficient (Wildman–Crippen LogP) is 4.03. The minimum absolute atomic E-state index is 0.0204. The summed E-state index contributed by atoms with van der Waals surface area (Å²) in [4.78, 5) is 12.3. The second-order valence-corrected chi connectivity index (χ2v) is 4.52. The molecule has 0 unspecified atom stereocenters. The van der Waals surface area contributed by atoms with Gasteiger partial charge in [-0.25, -0.2) is 4.39 Å². The lowest BCUT2D eigenvalue weighted by molar-refractivity contribution is 0.103. The highest BCUT2D eigenvalue weighted by Crippen LogP contribution is 2.26. The Balaban J connectivity index is 2.47. The van der Waals surface area contributed by atoms with Gasteiger partial charge >= 0.3 is 0 Å². The maximum absolute atomic E-state index is 13.9. The number of benzene rings is 2. The van der Waals surface area contributed by atoms with E-state index in [1.807, 2.05) is 0 Å². The molecule has 0 aliphatic carbocycles. The zero-order chi connectivity index (χ0) is 14.0. The molecular weight excluding hydrogens is 267 g/mol. The third-order valence-corrected chi connectivity index (χ3v) is 3.17. The Bertz CT molecular complexity index is 638. The summed E-state index contributed by atoms with van der Waals surface area (Å²) in [7, 11) is 1.51. The standard InChI is InChI=1S/C15H12ClFO2/c1-9-4-3-5-12(14(9)17)15(18)11-7-6-10(19-2)8-13(11)16/h3-8H,1-2H3. The molecule has 0 radical (unpaired) electrons. The van der Waals surface area contributed by atoms with Gasteiger partial charge in [-0.3, -0.25) is 4.79 Å². The number of aryl methyl sites for hydroxylation is 1. The van der Waals surface area contributed by atoms with Crippen LogP contribution >= 0.6 is 11.6 Å². The molecule has 2 nitrogen and oxygen atoms in total. The average Bonchev–Trinajstić information content (AvgIpc) is 2.41. The lowest BCUT2D eigenvalue weighted by Gasteiger charge is -2.08. The van der Waals surface area contributed by atoms with E-state index in [1.165, 1.54) is 25.3 Å². The first kappa shape index (κ1) is 13.6. The third kappa shape index (κ3) is 2.61. The average molecular weight is 279 g/mol. The molecule has 0 saturated carbocycles. The van der Waals surface area contributed by atoms with Crippen LogP contribution in [0.25, 0.3) is 0 Å². The number of carbonyl (C=O) groups excluding carboxylic acids is 1. The second kappa shape index (κ2) is 5.41. The van der Waals surface area contributed by atoms with Gasteiger partial charge in [0.05, 0.1) is 17.7 Å². The topological polar surface area (TPSA) is 26.3 Å². The van der Waals surface area contributed by atoms with Gasteiger partial charge in [0.25, 0.3) is 0 Å². The highest BCUT2D eigenvalue weighted by molar-refractivity contribution is 6.35. The van der Waals surface area contributed by atoms with E-state index in [0.717, 1.165) is 0 Å². The van der Waals surface area contributed by atoms with Crippen LogP contribution in [0.1, 0.15) is 21.5 Å². The lowest BCUT2D eigenvalue weighted by Crippen LogP contribution is -2.06. The van der Waals surface area contributed by atoms with Gasteiger partial charge in [-0.15, -0.1) is 0 Å². The fourth-order valence-electron chi connectivity index (χ4n) is 1.77. The van der Waals surface area contributed by atoms with E-state index >= 15 is 0 Å². The van der Waals surface area contributed by atoms with Crippen LogP contribution in [0.3, 0.4) is 0 Å². The maximum Gasteiger partial charge on any atom is 0.197 e. The first-order valence-electron chi connectivity index (χ1n) is 5.68. The van der Waals surface area contributed by atoms with Crippen molar-refractivity contribution in [2.24, 2.45) is 0 Å². The van der Waals surface area contributed by atoms with Gasteiger partial charge in [-0.05, 0) is 36.8 Å². The van der Waals surface area contributed by atoms with Crippen molar-refractivity contribution in [3.8, 4) is 5.75 Å². The van der Waals surface area contributed by atoms with E-state index in [2.05, 4.69) is 0 Å². The Hall–Kier alpha value is -1.87. The van der Waals surface area contributed by atoms with Crippen LogP contribution in [0.5, 0.6) is 5.75 Å². The van der Waals surface area contributed by atoms with Crippen LogP contribution in [-0.2, 0) is 0 Å². The van der Waals surface area contributed by atoms with Crippen molar-refractivity contribution in [2.75, 3.05) is 7.11 Å². The summed E-state index contributed by atoms with van der Waals surface area (Å²) in [6.45, 7) is 1.61. The normalized spacial score (nSPS) is 10.3. The van der Waals surface area contributed by atoms with Gasteiger partial charge < -0.3 is 4.74 Å². The summed E-state index contributed by atoms with van der Waals surface area (Å²) in [6, 6.07) is 9.39. The second-order valence-electron chi connectivity index (χ2n) is 4.11. The van der Waals surface area contributed by atoms with E-state index < -0.39 is 11.6 Å². The van der Waals surface area contributed by atoms with Crippen molar-refractivity contribution >= 4 is 17.4 Å². The molecule has 0 spiro atoms. The van der Waals surface area contributed by atoms with E-state index in [9.17, 15) is 9.18 Å². The first-order chi connectivity index (χ1) is 9.04. The summed E-state index contributed by atoms with van der Waals surface area (Å²) >= 11 is 6.02. The Morgan fingerprint density at radius 1 is 1.21 bits per heavy atom. The molecule has 98 valence electrons. The minimum atomic E-state index is -0.514. The van der Waals surface area contributed by atoms with Crippen molar-refractivity contribution in [1.82, 2.24) is 0 Å². The van der Waals surface area contributed by atoms with Crippen LogP contribution in [0.2, 0.25) is 5.02 Å². The zero-order valence-corrected chi connectivity index (χ0v) is 11.3. The van der Waals surface area contributed by atoms with Crippen LogP contribution in [-0.4, -0.2) is 12.9 Å². The highest BCUT2D eigenvalue weighted by atomic mass is 35.5. The molecule has 0 saturated heterocycles. The van der Waals surface area contributed by atoms with Crippen molar-refractivity contribution < 1.29 is 13.9 Å². The van der Waals surface area contributed by atoms with Gasteiger partial charge in [-0.1, -0.05) is 23.7 Å². The van der Waals surface area contributed by atoms with E-state index in [0.29, 0.717) is 11.3 Å². The number of hydrogen-bond donors (Lipinski definition) is 0. The fraction of sp³-hybridized carbons (Fsp3) is 0.133. The molecule has 2 rings (SSSR count). The van der Waals surface area contributed by atoms with E-state index in [-0.39, 0.29) is 16.1 Å². The maximum atomic E-state index is 13.9. The van der Waals surface area contributed by atoms with Gasteiger partial charge in [-0.2, -0.15) is 0 Å². The van der Waals surface area contributed by atoms with Crippen molar-refractivity contribution in [2.45, 2.75) is 6.92 Å². The summed E-state index contributed by atoms with van der Waals surface area (Å²) in [6.07, 6.45) is 0. The molecule has 0 aliphatic rings. The lowest BCUT2D eigenvalue weighted by atomic mass is 10.0. The molecule has 0 heterocycles. The van der Waals surface area contributed by atoms with Crippen LogP contribution in [0.4, 0.5) is 4.39 Å². The molecule has 2 aromatic carbocycles. The SMILES string of the molecule is COc1ccc(C(=O)c2cccc(C)c2F)c(Cl)c1. The third-order valence-electron chi connectivity index (χ3n) is 2.86. The van der Waals surface area contributed by atoms with Crippen molar-refractivity contribution in [3.63, 3.8) is 0 Å². The largest absolute Gasteiger partial charge is 0.497 e. The smallest absolute Gasteiger partial charge is 0.197 e. The monoisotopic (exact) mass is 278 g/mol. The number of rotatable bonds is 3. The van der Waals surface area contributed by atoms with Gasteiger partial charge in [0, 0.05) is 5.56 Å². The molecule has 0 atom stereocenters. The number of carbonyl (C=O) groups is 1. The van der Waals surface area contributed by atoms with Gasteiger partial charge in [0.2, 0.25) is 0 Å². The van der Waals surface area contributed by atoms with Crippen LogP contribution in [0, 0.1) is 12.7 Å². The quantitative estimate of drug-likeness (QED) is 0.793. The van der Waals surface area contributed by atoms with E-state index in [1.54, 1.807) is 25.1 Å². The van der Waals surface area contributed by atoms with Crippen LogP contribution < -0.4 is 4.74 Å². The fourth-order valence-corrected chi connectivity index (χ4v) is 2.03. The first-order valence-corrected chi connectivity index (χ1v) is 6.05. The number of methoxy groups -OCH3 is 1. The van der Waals surface area contributed by atoms with Crippen LogP contribution in [0.15, 0.2) is 36.4 Å². The number of hydrogen-bond acceptors (Lipinski definition) is 2. The molecule has 0 fully saturated rings. The summed E-state index contributed by atoms with van der Waals surface area (Å²) in [5.41, 5.74) is 0.703.